The Kier molecular flexibility index (Phi) is 3.37. The molecule has 0 bridgehead atoms. The number of H-pyrrole nitrogens is 1. The van der Waals surface area contributed by atoms with Gasteiger partial charge in [-0.05, 0) is 18.6 Å². The molecule has 80 valence electrons. The van der Waals surface area contributed by atoms with Gasteiger partial charge in [0.2, 0.25) is 5.56 Å². The monoisotopic (exact) mass is 225 g/mol. The minimum Gasteiger partial charge on any atom is -0.495 e. The second-order valence-electron chi connectivity index (χ2n) is 3.20. The Bertz CT molecular complexity index is 534. The maximum atomic E-state index is 11.3. The molecule has 3 nitrogen and oxygen atoms in total. The number of benzene rings is 1. The van der Waals surface area contributed by atoms with Gasteiger partial charge in [-0.1, -0.05) is 12.1 Å². The summed E-state index contributed by atoms with van der Waals surface area (Å²) in [6, 6.07) is 7.29. The van der Waals surface area contributed by atoms with Crippen molar-refractivity contribution in [1.82, 2.24) is 4.98 Å². The molecule has 0 amide bonds. The number of ether oxygens (including phenoxy) is 1. The van der Waals surface area contributed by atoms with Crippen LogP contribution in [0.2, 0.25) is 0 Å². The Labute approximate surface area is 93.5 Å². The summed E-state index contributed by atoms with van der Waals surface area (Å²) < 4.78 is 5.17. The standard InChI is InChI=1S/C11H11NO2.ClH/c1-7-6-10(13)12-11-8(7)4-3-5-9(11)14-2;/h3-6H,1-2H3,(H,12,13);1H. The Morgan fingerprint density at radius 2 is 2.07 bits per heavy atom. The number of para-hydroxylation sites is 1. The normalized spacial score (nSPS) is 9.73. The van der Waals surface area contributed by atoms with Crippen LogP contribution in [-0.2, 0) is 0 Å². The minimum atomic E-state index is -0.0977. The lowest BCUT2D eigenvalue weighted by atomic mass is 10.1. The molecule has 15 heavy (non-hydrogen) atoms. The van der Waals surface area contributed by atoms with Gasteiger partial charge in [-0.3, -0.25) is 4.79 Å². The molecule has 0 saturated carbocycles. The van der Waals surface area contributed by atoms with E-state index in [1.165, 1.54) is 0 Å². The molecule has 0 aliphatic rings. The van der Waals surface area contributed by atoms with E-state index in [4.69, 9.17) is 4.74 Å². The van der Waals surface area contributed by atoms with Crippen molar-refractivity contribution >= 4 is 23.3 Å². The molecule has 1 aromatic carbocycles. The third kappa shape index (κ3) is 1.97. The van der Waals surface area contributed by atoms with E-state index >= 15 is 0 Å². The molecule has 0 unspecified atom stereocenters. The first kappa shape index (κ1) is 11.6. The van der Waals surface area contributed by atoms with Crippen LogP contribution in [0.3, 0.4) is 0 Å². The van der Waals surface area contributed by atoms with Crippen LogP contribution in [0.15, 0.2) is 29.1 Å². The Hall–Kier alpha value is -1.48. The van der Waals surface area contributed by atoms with Crippen molar-refractivity contribution in [1.29, 1.82) is 0 Å². The molecule has 2 aromatic rings. The lowest BCUT2D eigenvalue weighted by Crippen LogP contribution is -2.05. The van der Waals surface area contributed by atoms with Crippen molar-refractivity contribution in [3.8, 4) is 5.75 Å². The third-order valence-electron chi connectivity index (χ3n) is 2.27. The molecule has 0 atom stereocenters. The fourth-order valence-corrected chi connectivity index (χ4v) is 1.59. The van der Waals surface area contributed by atoms with E-state index in [1.54, 1.807) is 13.2 Å². The number of aromatic amines is 1. The van der Waals surface area contributed by atoms with E-state index in [9.17, 15) is 4.79 Å². The van der Waals surface area contributed by atoms with E-state index in [-0.39, 0.29) is 18.0 Å². The molecule has 0 saturated heterocycles. The topological polar surface area (TPSA) is 42.1 Å². The van der Waals surface area contributed by atoms with Crippen molar-refractivity contribution in [3.05, 3.63) is 40.2 Å². The number of fused-ring (bicyclic) bond motifs is 1. The van der Waals surface area contributed by atoms with E-state index in [0.29, 0.717) is 5.75 Å². The van der Waals surface area contributed by atoms with Gasteiger partial charge < -0.3 is 9.72 Å². The largest absolute Gasteiger partial charge is 0.495 e. The van der Waals surface area contributed by atoms with Crippen LogP contribution in [0.4, 0.5) is 0 Å². The van der Waals surface area contributed by atoms with Crippen molar-refractivity contribution < 1.29 is 4.74 Å². The summed E-state index contributed by atoms with van der Waals surface area (Å²) >= 11 is 0. The number of rotatable bonds is 1. The van der Waals surface area contributed by atoms with E-state index in [0.717, 1.165) is 16.5 Å². The number of methoxy groups -OCH3 is 1. The fourth-order valence-electron chi connectivity index (χ4n) is 1.59. The number of hydrogen-bond donors (Lipinski definition) is 1. The predicted octanol–water partition coefficient (Wildman–Crippen LogP) is 2.27. The van der Waals surface area contributed by atoms with Gasteiger partial charge in [0.25, 0.3) is 0 Å². The van der Waals surface area contributed by atoms with E-state index < -0.39 is 0 Å². The molecular formula is C11H12ClNO2. The lowest BCUT2D eigenvalue weighted by molar-refractivity contribution is 0.419. The van der Waals surface area contributed by atoms with Crippen molar-refractivity contribution in [3.63, 3.8) is 0 Å². The molecule has 0 aliphatic carbocycles. The molecule has 2 rings (SSSR count). The third-order valence-corrected chi connectivity index (χ3v) is 2.27. The molecule has 0 spiro atoms. The molecule has 1 N–H and O–H groups in total. The highest BCUT2D eigenvalue weighted by atomic mass is 35.5. The first-order chi connectivity index (χ1) is 6.72. The maximum Gasteiger partial charge on any atom is 0.248 e. The van der Waals surface area contributed by atoms with Crippen LogP contribution in [0, 0.1) is 6.92 Å². The summed E-state index contributed by atoms with van der Waals surface area (Å²) in [7, 11) is 1.59. The van der Waals surface area contributed by atoms with E-state index in [2.05, 4.69) is 4.98 Å². The zero-order chi connectivity index (χ0) is 10.1. The zero-order valence-corrected chi connectivity index (χ0v) is 9.35. The number of nitrogens with one attached hydrogen (secondary N) is 1. The highest BCUT2D eigenvalue weighted by Gasteiger charge is 2.03. The molecule has 4 heteroatoms. The van der Waals surface area contributed by atoms with Crippen LogP contribution >= 0.6 is 12.4 Å². The zero-order valence-electron chi connectivity index (χ0n) is 8.53. The van der Waals surface area contributed by atoms with Gasteiger partial charge in [-0.2, -0.15) is 0 Å². The number of aryl methyl sites for hydroxylation is 1. The second kappa shape index (κ2) is 4.36. The average Bonchev–Trinajstić information content (AvgIpc) is 2.17. The van der Waals surface area contributed by atoms with E-state index in [1.807, 2.05) is 25.1 Å². The van der Waals surface area contributed by atoms with Crippen molar-refractivity contribution in [2.24, 2.45) is 0 Å². The fraction of sp³-hybridized carbons (Fsp3) is 0.182. The number of hydrogen-bond acceptors (Lipinski definition) is 2. The molecule has 0 radical (unpaired) electrons. The summed E-state index contributed by atoms with van der Waals surface area (Å²) in [5.74, 6) is 0.698. The summed E-state index contributed by atoms with van der Waals surface area (Å²) in [5.41, 5.74) is 1.63. The molecule has 1 aromatic heterocycles. The minimum absolute atomic E-state index is 0. The van der Waals surface area contributed by atoms with Crippen LogP contribution in [0.25, 0.3) is 10.9 Å². The summed E-state index contributed by atoms with van der Waals surface area (Å²) in [4.78, 5) is 14.0. The van der Waals surface area contributed by atoms with Crippen molar-refractivity contribution in [2.45, 2.75) is 6.92 Å². The lowest BCUT2D eigenvalue weighted by Gasteiger charge is -2.05. The van der Waals surface area contributed by atoms with Crippen LogP contribution in [0.1, 0.15) is 5.56 Å². The Morgan fingerprint density at radius 3 is 2.73 bits per heavy atom. The number of pyridine rings is 1. The van der Waals surface area contributed by atoms with Crippen LogP contribution in [-0.4, -0.2) is 12.1 Å². The molecular weight excluding hydrogens is 214 g/mol. The van der Waals surface area contributed by atoms with Gasteiger partial charge >= 0.3 is 0 Å². The Morgan fingerprint density at radius 1 is 1.33 bits per heavy atom. The van der Waals surface area contributed by atoms with Crippen LogP contribution in [0.5, 0.6) is 5.75 Å². The van der Waals surface area contributed by atoms with Gasteiger partial charge in [0.15, 0.2) is 0 Å². The highest BCUT2D eigenvalue weighted by molar-refractivity contribution is 5.86. The van der Waals surface area contributed by atoms with Crippen LogP contribution < -0.4 is 10.3 Å². The summed E-state index contributed by atoms with van der Waals surface area (Å²) in [5, 5.41) is 1.02. The predicted molar refractivity (Wildman–Crippen MR) is 63.1 cm³/mol. The quantitative estimate of drug-likeness (QED) is 0.809. The smallest absolute Gasteiger partial charge is 0.248 e. The molecule has 0 fully saturated rings. The molecule has 0 aliphatic heterocycles. The summed E-state index contributed by atoms with van der Waals surface area (Å²) in [6.45, 7) is 1.91. The van der Waals surface area contributed by atoms with Gasteiger partial charge in [0.05, 0.1) is 12.6 Å². The average molecular weight is 226 g/mol. The van der Waals surface area contributed by atoms with Gasteiger partial charge in [-0.15, -0.1) is 12.4 Å². The van der Waals surface area contributed by atoms with Crippen molar-refractivity contribution in [2.75, 3.05) is 7.11 Å². The SMILES string of the molecule is COc1cccc2c(C)cc(=O)[nH]c12.Cl. The van der Waals surface area contributed by atoms with Gasteiger partial charge in [-0.25, -0.2) is 0 Å². The van der Waals surface area contributed by atoms with Gasteiger partial charge in [0, 0.05) is 11.5 Å². The van der Waals surface area contributed by atoms with Gasteiger partial charge in [0.1, 0.15) is 5.75 Å². The highest BCUT2D eigenvalue weighted by Crippen LogP contribution is 2.23. The first-order valence-electron chi connectivity index (χ1n) is 4.39. The maximum absolute atomic E-state index is 11.3. The molecule has 1 heterocycles. The number of aromatic nitrogens is 1. The summed E-state index contributed by atoms with van der Waals surface area (Å²) in [6.07, 6.45) is 0. The second-order valence-corrected chi connectivity index (χ2v) is 3.20. The number of halogens is 1. The first-order valence-corrected chi connectivity index (χ1v) is 4.39. The Balaban J connectivity index is 0.00000112.